The van der Waals surface area contributed by atoms with E-state index >= 15 is 0 Å². The molecule has 1 amide bonds. The standard InChI is InChI=1S/C18H21NO3/c1-13(11-14-5-4-6-17(12-14)21-3)22-16-9-7-15(8-10-16)18(20)19-2/h4-10,12-13H,11H2,1-3H3,(H,19,20). The highest BCUT2D eigenvalue weighted by Crippen LogP contribution is 2.18. The lowest BCUT2D eigenvalue weighted by Crippen LogP contribution is -2.18. The van der Waals surface area contributed by atoms with Crippen molar-refractivity contribution in [3.63, 3.8) is 0 Å². The van der Waals surface area contributed by atoms with Crippen molar-refractivity contribution in [3.8, 4) is 11.5 Å². The highest BCUT2D eigenvalue weighted by Gasteiger charge is 2.08. The Morgan fingerprint density at radius 2 is 1.86 bits per heavy atom. The van der Waals surface area contributed by atoms with Crippen LogP contribution in [0.25, 0.3) is 0 Å². The van der Waals surface area contributed by atoms with Crippen LogP contribution in [0.1, 0.15) is 22.8 Å². The van der Waals surface area contributed by atoms with E-state index in [-0.39, 0.29) is 12.0 Å². The van der Waals surface area contributed by atoms with Gasteiger partial charge in [0.25, 0.3) is 5.91 Å². The first-order chi connectivity index (χ1) is 10.6. The SMILES string of the molecule is CNC(=O)c1ccc(OC(C)Cc2cccc(OC)c2)cc1. The predicted octanol–water partition coefficient (Wildman–Crippen LogP) is 3.06. The number of rotatable bonds is 6. The van der Waals surface area contributed by atoms with Gasteiger partial charge in [-0.3, -0.25) is 4.79 Å². The number of benzene rings is 2. The van der Waals surface area contributed by atoms with Crippen molar-refractivity contribution in [1.29, 1.82) is 0 Å². The van der Waals surface area contributed by atoms with Gasteiger partial charge < -0.3 is 14.8 Å². The molecule has 2 aromatic rings. The lowest BCUT2D eigenvalue weighted by molar-refractivity contribution is 0.0963. The average Bonchev–Trinajstić information content (AvgIpc) is 2.55. The van der Waals surface area contributed by atoms with E-state index in [1.807, 2.05) is 37.3 Å². The Kier molecular flexibility index (Phi) is 5.42. The van der Waals surface area contributed by atoms with Crippen LogP contribution in [0.2, 0.25) is 0 Å². The number of hydrogen-bond donors (Lipinski definition) is 1. The number of amides is 1. The molecule has 2 rings (SSSR count). The van der Waals surface area contributed by atoms with Crippen LogP contribution in [-0.2, 0) is 6.42 Å². The van der Waals surface area contributed by atoms with Crippen LogP contribution in [-0.4, -0.2) is 26.2 Å². The van der Waals surface area contributed by atoms with Gasteiger partial charge in [0.2, 0.25) is 0 Å². The number of methoxy groups -OCH3 is 1. The topological polar surface area (TPSA) is 47.6 Å². The van der Waals surface area contributed by atoms with Gasteiger partial charge in [-0.15, -0.1) is 0 Å². The molecule has 22 heavy (non-hydrogen) atoms. The molecule has 0 heterocycles. The van der Waals surface area contributed by atoms with Gasteiger partial charge in [0.15, 0.2) is 0 Å². The van der Waals surface area contributed by atoms with Gasteiger partial charge in [0.1, 0.15) is 11.5 Å². The molecule has 0 aromatic heterocycles. The molecule has 1 unspecified atom stereocenters. The third-order valence-electron chi connectivity index (χ3n) is 3.34. The maximum atomic E-state index is 11.5. The summed E-state index contributed by atoms with van der Waals surface area (Å²) in [4.78, 5) is 11.5. The Bertz CT molecular complexity index is 622. The summed E-state index contributed by atoms with van der Waals surface area (Å²) in [5.41, 5.74) is 1.78. The van der Waals surface area contributed by atoms with E-state index < -0.39 is 0 Å². The minimum atomic E-state index is -0.101. The zero-order chi connectivity index (χ0) is 15.9. The molecule has 0 fully saturated rings. The van der Waals surface area contributed by atoms with Crippen LogP contribution in [0.3, 0.4) is 0 Å². The fourth-order valence-electron chi connectivity index (χ4n) is 2.23. The summed E-state index contributed by atoms with van der Waals surface area (Å²) in [7, 11) is 3.27. The predicted molar refractivity (Wildman–Crippen MR) is 86.6 cm³/mol. The Labute approximate surface area is 131 Å². The summed E-state index contributed by atoms with van der Waals surface area (Å²) in [6.07, 6.45) is 0.812. The maximum Gasteiger partial charge on any atom is 0.251 e. The van der Waals surface area contributed by atoms with Crippen LogP contribution in [0, 0.1) is 0 Å². The highest BCUT2D eigenvalue weighted by atomic mass is 16.5. The third-order valence-corrected chi connectivity index (χ3v) is 3.34. The largest absolute Gasteiger partial charge is 0.497 e. The van der Waals surface area contributed by atoms with Crippen molar-refractivity contribution >= 4 is 5.91 Å². The molecule has 4 nitrogen and oxygen atoms in total. The molecule has 1 N–H and O–H groups in total. The third kappa shape index (κ3) is 4.25. The first kappa shape index (κ1) is 15.9. The molecule has 0 saturated heterocycles. The van der Waals surface area contributed by atoms with E-state index in [0.29, 0.717) is 5.56 Å². The quantitative estimate of drug-likeness (QED) is 0.891. The molecule has 0 saturated carbocycles. The van der Waals surface area contributed by atoms with Gasteiger partial charge in [-0.05, 0) is 48.9 Å². The zero-order valence-corrected chi connectivity index (χ0v) is 13.1. The van der Waals surface area contributed by atoms with Gasteiger partial charge in [-0.25, -0.2) is 0 Å². The molecule has 0 radical (unpaired) electrons. The van der Waals surface area contributed by atoms with Crippen molar-refractivity contribution in [2.75, 3.05) is 14.2 Å². The van der Waals surface area contributed by atoms with Gasteiger partial charge in [-0.2, -0.15) is 0 Å². The molecule has 4 heteroatoms. The number of hydrogen-bond acceptors (Lipinski definition) is 3. The zero-order valence-electron chi connectivity index (χ0n) is 13.1. The van der Waals surface area contributed by atoms with E-state index in [4.69, 9.17) is 9.47 Å². The fraction of sp³-hybridized carbons (Fsp3) is 0.278. The molecule has 0 aliphatic rings. The molecule has 116 valence electrons. The van der Waals surface area contributed by atoms with Crippen LogP contribution >= 0.6 is 0 Å². The number of nitrogens with one attached hydrogen (secondary N) is 1. The van der Waals surface area contributed by atoms with Gasteiger partial charge >= 0.3 is 0 Å². The van der Waals surface area contributed by atoms with E-state index in [0.717, 1.165) is 23.5 Å². The first-order valence-corrected chi connectivity index (χ1v) is 7.24. The second kappa shape index (κ2) is 7.50. The van der Waals surface area contributed by atoms with Crippen LogP contribution < -0.4 is 14.8 Å². The lowest BCUT2D eigenvalue weighted by Gasteiger charge is -2.15. The monoisotopic (exact) mass is 299 g/mol. The van der Waals surface area contributed by atoms with Crippen LogP contribution in [0.15, 0.2) is 48.5 Å². The lowest BCUT2D eigenvalue weighted by atomic mass is 10.1. The summed E-state index contributed by atoms with van der Waals surface area (Å²) in [6.45, 7) is 2.02. The second-order valence-electron chi connectivity index (χ2n) is 5.09. The maximum absolute atomic E-state index is 11.5. The van der Waals surface area contributed by atoms with E-state index in [1.54, 1.807) is 26.3 Å². The summed E-state index contributed by atoms with van der Waals surface area (Å²) >= 11 is 0. The molecule has 0 aliphatic heterocycles. The Morgan fingerprint density at radius 1 is 1.14 bits per heavy atom. The number of ether oxygens (including phenoxy) is 2. The molecule has 0 aliphatic carbocycles. The molecular formula is C18H21NO3. The van der Waals surface area contributed by atoms with Crippen molar-refractivity contribution in [2.24, 2.45) is 0 Å². The van der Waals surface area contributed by atoms with Gasteiger partial charge in [-0.1, -0.05) is 12.1 Å². The van der Waals surface area contributed by atoms with Gasteiger partial charge in [0, 0.05) is 19.0 Å². The van der Waals surface area contributed by atoms with Crippen molar-refractivity contribution in [2.45, 2.75) is 19.4 Å². The van der Waals surface area contributed by atoms with Gasteiger partial charge in [0.05, 0.1) is 13.2 Å². The Morgan fingerprint density at radius 3 is 2.50 bits per heavy atom. The number of carbonyl (C=O) groups is 1. The van der Waals surface area contributed by atoms with E-state index in [1.165, 1.54) is 0 Å². The smallest absolute Gasteiger partial charge is 0.251 e. The average molecular weight is 299 g/mol. The summed E-state index contributed by atoms with van der Waals surface area (Å²) in [6, 6.07) is 15.1. The van der Waals surface area contributed by atoms with Crippen LogP contribution in [0.5, 0.6) is 11.5 Å². The van der Waals surface area contributed by atoms with Crippen molar-refractivity contribution in [1.82, 2.24) is 5.32 Å². The molecule has 0 spiro atoms. The normalized spacial score (nSPS) is 11.6. The Hall–Kier alpha value is -2.49. The van der Waals surface area contributed by atoms with E-state index in [2.05, 4.69) is 11.4 Å². The molecule has 0 bridgehead atoms. The molecular weight excluding hydrogens is 278 g/mol. The molecule has 1 atom stereocenters. The summed E-state index contributed by atoms with van der Waals surface area (Å²) < 4.78 is 11.1. The summed E-state index contributed by atoms with van der Waals surface area (Å²) in [5, 5.41) is 2.59. The minimum absolute atomic E-state index is 0.0259. The van der Waals surface area contributed by atoms with Crippen molar-refractivity contribution < 1.29 is 14.3 Å². The molecule has 2 aromatic carbocycles. The fourth-order valence-corrected chi connectivity index (χ4v) is 2.23. The first-order valence-electron chi connectivity index (χ1n) is 7.24. The minimum Gasteiger partial charge on any atom is -0.497 e. The second-order valence-corrected chi connectivity index (χ2v) is 5.09. The van der Waals surface area contributed by atoms with E-state index in [9.17, 15) is 4.79 Å². The van der Waals surface area contributed by atoms with Crippen LogP contribution in [0.4, 0.5) is 0 Å². The van der Waals surface area contributed by atoms with Crippen molar-refractivity contribution in [3.05, 3.63) is 59.7 Å². The Balaban J connectivity index is 1.96. The summed E-state index contributed by atoms with van der Waals surface area (Å²) in [5.74, 6) is 1.50. The number of carbonyl (C=O) groups excluding carboxylic acids is 1. The highest BCUT2D eigenvalue weighted by molar-refractivity contribution is 5.94.